The predicted molar refractivity (Wildman–Crippen MR) is 109 cm³/mol. The monoisotopic (exact) mass is 386 g/mol. The molecule has 2 aromatic rings. The van der Waals surface area contributed by atoms with Gasteiger partial charge in [0.05, 0.1) is 0 Å². The Morgan fingerprint density at radius 1 is 1.00 bits per heavy atom. The van der Waals surface area contributed by atoms with Crippen LogP contribution in [0, 0.1) is 5.41 Å². The Morgan fingerprint density at radius 3 is 2.18 bits per heavy atom. The molecule has 0 aliphatic carbocycles. The van der Waals surface area contributed by atoms with Crippen LogP contribution < -0.4 is 5.32 Å². The average Bonchev–Trinajstić information content (AvgIpc) is 3.04. The van der Waals surface area contributed by atoms with Crippen molar-refractivity contribution in [3.8, 4) is 0 Å². The molecule has 1 aromatic heterocycles. The number of piperazine rings is 1. The second kappa shape index (κ2) is 7.11. The number of hydrogen-bond donors (Lipinski definition) is 1. The molecule has 0 radical (unpaired) electrons. The molecule has 2 heterocycles. The Kier molecular flexibility index (Phi) is 5.12. The van der Waals surface area contributed by atoms with Gasteiger partial charge in [0, 0.05) is 42.7 Å². The number of anilines is 1. The van der Waals surface area contributed by atoms with Crippen LogP contribution in [0.1, 0.15) is 47.4 Å². The molecule has 0 bridgehead atoms. The first kappa shape index (κ1) is 20.2. The Hall–Kier alpha value is -2.57. The van der Waals surface area contributed by atoms with E-state index in [1.54, 1.807) is 4.90 Å². The molecule has 1 aromatic carbocycles. The van der Waals surface area contributed by atoms with Crippen molar-refractivity contribution in [2.75, 3.05) is 31.5 Å². The van der Waals surface area contributed by atoms with Gasteiger partial charge < -0.3 is 19.5 Å². The van der Waals surface area contributed by atoms with Crippen molar-refractivity contribution in [1.82, 2.24) is 14.8 Å². The first-order chi connectivity index (χ1) is 12.9. The van der Waals surface area contributed by atoms with Gasteiger partial charge in [0.15, 0.2) is 5.58 Å². The van der Waals surface area contributed by atoms with E-state index in [2.05, 4.69) is 10.3 Å². The lowest BCUT2D eigenvalue weighted by Crippen LogP contribution is -2.53. The van der Waals surface area contributed by atoms with Crippen molar-refractivity contribution < 1.29 is 14.0 Å². The van der Waals surface area contributed by atoms with Gasteiger partial charge in [-0.3, -0.25) is 4.79 Å². The van der Waals surface area contributed by atoms with E-state index in [9.17, 15) is 9.59 Å². The van der Waals surface area contributed by atoms with E-state index < -0.39 is 5.41 Å². The highest BCUT2D eigenvalue weighted by Crippen LogP contribution is 2.27. The largest absolute Gasteiger partial charge is 0.440 e. The smallest absolute Gasteiger partial charge is 0.321 e. The van der Waals surface area contributed by atoms with Crippen LogP contribution in [-0.2, 0) is 10.2 Å². The summed E-state index contributed by atoms with van der Waals surface area (Å²) in [5.74, 6) is 0.796. The number of aromatic nitrogens is 1. The van der Waals surface area contributed by atoms with Gasteiger partial charge in [0.1, 0.15) is 5.52 Å². The van der Waals surface area contributed by atoms with E-state index in [-0.39, 0.29) is 17.4 Å². The van der Waals surface area contributed by atoms with Gasteiger partial charge >= 0.3 is 6.03 Å². The number of fused-ring (bicyclic) bond motifs is 1. The molecular formula is C21H30N4O3. The quantitative estimate of drug-likeness (QED) is 0.807. The Morgan fingerprint density at radius 2 is 1.61 bits per heavy atom. The topological polar surface area (TPSA) is 78.7 Å². The fraction of sp³-hybridized carbons (Fsp3) is 0.571. The third kappa shape index (κ3) is 4.29. The summed E-state index contributed by atoms with van der Waals surface area (Å²) < 4.78 is 5.80. The third-order valence-electron chi connectivity index (χ3n) is 4.78. The molecule has 7 heteroatoms. The van der Waals surface area contributed by atoms with Gasteiger partial charge in [0.2, 0.25) is 11.8 Å². The molecule has 3 amide bonds. The number of nitrogens with zero attached hydrogens (tertiary/aromatic N) is 3. The number of hydrogen-bond acceptors (Lipinski definition) is 4. The standard InChI is InChI=1S/C21H30N4O3/c1-20(2,3)17-23-15-13-14(7-8-16(15)28-17)22-19(27)25-11-9-24(10-12-25)18(26)21(4,5)6/h7-8,13H,9-12H2,1-6H3,(H,22,27). The number of rotatable bonds is 1. The van der Waals surface area contributed by atoms with Crippen LogP contribution in [0.2, 0.25) is 0 Å². The lowest BCUT2D eigenvalue weighted by molar-refractivity contribution is -0.140. The maximum Gasteiger partial charge on any atom is 0.321 e. The van der Waals surface area contributed by atoms with Crippen LogP contribution in [-0.4, -0.2) is 52.9 Å². The number of urea groups is 1. The highest BCUT2D eigenvalue weighted by Gasteiger charge is 2.31. The summed E-state index contributed by atoms with van der Waals surface area (Å²) in [5.41, 5.74) is 1.54. The summed E-state index contributed by atoms with van der Waals surface area (Å²) in [4.78, 5) is 33.1. The van der Waals surface area contributed by atoms with Crippen molar-refractivity contribution in [3.05, 3.63) is 24.1 Å². The predicted octanol–water partition coefficient (Wildman–Crippen LogP) is 3.85. The van der Waals surface area contributed by atoms with Gasteiger partial charge in [-0.25, -0.2) is 9.78 Å². The van der Waals surface area contributed by atoms with Crippen molar-refractivity contribution in [2.24, 2.45) is 5.41 Å². The molecule has 1 saturated heterocycles. The third-order valence-corrected chi connectivity index (χ3v) is 4.78. The normalized spacial score (nSPS) is 15.8. The molecule has 1 aliphatic heterocycles. The highest BCUT2D eigenvalue weighted by atomic mass is 16.3. The summed E-state index contributed by atoms with van der Waals surface area (Å²) in [5, 5.41) is 2.93. The zero-order chi connectivity index (χ0) is 20.7. The van der Waals surface area contributed by atoms with Crippen LogP contribution >= 0.6 is 0 Å². The zero-order valence-corrected chi connectivity index (χ0v) is 17.6. The summed E-state index contributed by atoms with van der Waals surface area (Å²) in [6.45, 7) is 14.0. The molecule has 28 heavy (non-hydrogen) atoms. The van der Waals surface area contributed by atoms with Gasteiger partial charge in [0.25, 0.3) is 0 Å². The van der Waals surface area contributed by atoms with E-state index in [1.807, 2.05) is 64.6 Å². The minimum absolute atomic E-state index is 0.124. The van der Waals surface area contributed by atoms with E-state index in [0.29, 0.717) is 43.3 Å². The Balaban J connectivity index is 1.63. The Bertz CT molecular complexity index is 881. The van der Waals surface area contributed by atoms with Gasteiger partial charge in [-0.15, -0.1) is 0 Å². The lowest BCUT2D eigenvalue weighted by Gasteiger charge is -2.37. The van der Waals surface area contributed by atoms with Crippen molar-refractivity contribution in [3.63, 3.8) is 0 Å². The van der Waals surface area contributed by atoms with Crippen LogP contribution in [0.4, 0.5) is 10.5 Å². The average molecular weight is 386 g/mol. The van der Waals surface area contributed by atoms with Crippen LogP contribution in [0.3, 0.4) is 0 Å². The van der Waals surface area contributed by atoms with E-state index in [1.165, 1.54) is 0 Å². The van der Waals surface area contributed by atoms with Crippen LogP contribution in [0.25, 0.3) is 11.1 Å². The fourth-order valence-corrected chi connectivity index (χ4v) is 3.12. The van der Waals surface area contributed by atoms with E-state index >= 15 is 0 Å². The summed E-state index contributed by atoms with van der Waals surface area (Å²) in [6.07, 6.45) is 0. The molecule has 0 atom stereocenters. The maximum absolute atomic E-state index is 12.6. The summed E-state index contributed by atoms with van der Waals surface area (Å²) >= 11 is 0. The molecule has 0 spiro atoms. The molecule has 1 aliphatic rings. The van der Waals surface area contributed by atoms with Gasteiger partial charge in [-0.1, -0.05) is 41.5 Å². The molecule has 7 nitrogen and oxygen atoms in total. The first-order valence-corrected chi connectivity index (χ1v) is 9.71. The van der Waals surface area contributed by atoms with E-state index in [0.717, 1.165) is 5.52 Å². The molecule has 1 fully saturated rings. The first-order valence-electron chi connectivity index (χ1n) is 9.71. The van der Waals surface area contributed by atoms with Crippen molar-refractivity contribution >= 4 is 28.7 Å². The van der Waals surface area contributed by atoms with Crippen LogP contribution in [0.5, 0.6) is 0 Å². The fourth-order valence-electron chi connectivity index (χ4n) is 3.12. The number of carbonyl (C=O) groups is 2. The summed E-state index contributed by atoms with van der Waals surface area (Å²) in [7, 11) is 0. The SMILES string of the molecule is CC(C)(C)C(=O)N1CCN(C(=O)Nc2ccc3oc(C(C)(C)C)nc3c2)CC1. The molecule has 152 valence electrons. The highest BCUT2D eigenvalue weighted by molar-refractivity contribution is 5.92. The molecule has 1 N–H and O–H groups in total. The molecule has 3 rings (SSSR count). The van der Waals surface area contributed by atoms with E-state index in [4.69, 9.17) is 4.42 Å². The van der Waals surface area contributed by atoms with Gasteiger partial charge in [-0.2, -0.15) is 0 Å². The zero-order valence-electron chi connectivity index (χ0n) is 17.6. The molecular weight excluding hydrogens is 356 g/mol. The minimum Gasteiger partial charge on any atom is -0.440 e. The minimum atomic E-state index is -0.399. The van der Waals surface area contributed by atoms with Crippen molar-refractivity contribution in [2.45, 2.75) is 47.0 Å². The number of nitrogens with one attached hydrogen (secondary N) is 1. The number of benzene rings is 1. The number of oxazole rings is 1. The summed E-state index contributed by atoms with van der Waals surface area (Å²) in [6, 6.07) is 5.30. The maximum atomic E-state index is 12.6. The van der Waals surface area contributed by atoms with Gasteiger partial charge in [-0.05, 0) is 18.2 Å². The molecule has 0 saturated carbocycles. The molecule has 0 unspecified atom stereocenters. The van der Waals surface area contributed by atoms with Crippen molar-refractivity contribution in [1.29, 1.82) is 0 Å². The number of carbonyl (C=O) groups excluding carboxylic acids is 2. The Labute approximate surface area is 166 Å². The lowest BCUT2D eigenvalue weighted by atomic mass is 9.94. The second-order valence-corrected chi connectivity index (χ2v) is 9.41. The number of amides is 3. The van der Waals surface area contributed by atoms with Crippen LogP contribution in [0.15, 0.2) is 22.6 Å². The second-order valence-electron chi connectivity index (χ2n) is 9.41.